The van der Waals surface area contributed by atoms with E-state index in [0.29, 0.717) is 0 Å². The average molecular weight is 267 g/mol. The molecular formula is C19H25N. The molecular weight excluding hydrogens is 242 g/mol. The van der Waals surface area contributed by atoms with Crippen LogP contribution in [0.3, 0.4) is 0 Å². The minimum Gasteiger partial charge on any atom is -0.295 e. The van der Waals surface area contributed by atoms with E-state index in [1.807, 2.05) is 0 Å². The topological polar surface area (TPSA) is 3.24 Å². The third-order valence-electron chi connectivity index (χ3n) is 6.76. The van der Waals surface area contributed by atoms with Gasteiger partial charge in [-0.25, -0.2) is 0 Å². The molecule has 1 heteroatoms. The second-order valence-corrected chi connectivity index (χ2v) is 7.91. The highest BCUT2D eigenvalue weighted by Crippen LogP contribution is 2.55. The van der Waals surface area contributed by atoms with Crippen molar-refractivity contribution in [3.63, 3.8) is 0 Å². The molecule has 0 aromatic heterocycles. The summed E-state index contributed by atoms with van der Waals surface area (Å²) < 4.78 is 0. The molecule has 1 heterocycles. The highest BCUT2D eigenvalue weighted by atomic mass is 15.2. The van der Waals surface area contributed by atoms with Crippen LogP contribution in [0.25, 0.3) is 0 Å². The van der Waals surface area contributed by atoms with Crippen LogP contribution in [-0.2, 0) is 13.0 Å². The first-order valence-electron chi connectivity index (χ1n) is 8.67. The van der Waals surface area contributed by atoms with Crippen LogP contribution < -0.4 is 0 Å². The lowest BCUT2D eigenvalue weighted by atomic mass is 9.53. The summed E-state index contributed by atoms with van der Waals surface area (Å²) in [5, 5.41) is 0. The van der Waals surface area contributed by atoms with Crippen LogP contribution in [0.5, 0.6) is 0 Å². The summed E-state index contributed by atoms with van der Waals surface area (Å²) in [7, 11) is 0. The van der Waals surface area contributed by atoms with Crippen molar-refractivity contribution < 1.29 is 0 Å². The van der Waals surface area contributed by atoms with Gasteiger partial charge in [0.2, 0.25) is 0 Å². The van der Waals surface area contributed by atoms with E-state index in [2.05, 4.69) is 29.2 Å². The summed E-state index contributed by atoms with van der Waals surface area (Å²) in [4.78, 5) is 2.87. The van der Waals surface area contributed by atoms with Crippen molar-refractivity contribution in [1.82, 2.24) is 4.90 Å². The summed E-state index contributed by atoms with van der Waals surface area (Å²) in [5.41, 5.74) is 3.21. The smallest absolute Gasteiger partial charge is 0.0239 e. The van der Waals surface area contributed by atoms with Crippen LogP contribution in [0.15, 0.2) is 24.3 Å². The molecule has 20 heavy (non-hydrogen) atoms. The zero-order valence-electron chi connectivity index (χ0n) is 12.3. The highest BCUT2D eigenvalue weighted by Gasteiger charge is 2.50. The Morgan fingerprint density at radius 1 is 0.800 bits per heavy atom. The van der Waals surface area contributed by atoms with Gasteiger partial charge in [0.15, 0.2) is 0 Å². The SMILES string of the molecule is c1ccc2c(c1)CCN(C1C3CC4CC(C3)CC1C4)C2. The van der Waals surface area contributed by atoms with E-state index in [0.717, 1.165) is 29.7 Å². The van der Waals surface area contributed by atoms with Gasteiger partial charge < -0.3 is 0 Å². The molecule has 0 unspecified atom stereocenters. The standard InChI is InChI=1S/C19H25N/c1-2-4-16-12-20(6-5-15(16)3-1)19-17-8-13-7-14(10-17)11-18(19)9-13/h1-4,13-14,17-19H,5-12H2. The maximum atomic E-state index is 2.87. The van der Waals surface area contributed by atoms with Crippen LogP contribution in [-0.4, -0.2) is 17.5 Å². The Morgan fingerprint density at radius 2 is 1.45 bits per heavy atom. The molecule has 1 aliphatic heterocycles. The van der Waals surface area contributed by atoms with Gasteiger partial charge in [0.25, 0.3) is 0 Å². The third-order valence-corrected chi connectivity index (χ3v) is 6.76. The number of hydrogen-bond acceptors (Lipinski definition) is 1. The van der Waals surface area contributed by atoms with E-state index < -0.39 is 0 Å². The lowest BCUT2D eigenvalue weighted by molar-refractivity contribution is -0.0696. The molecule has 4 saturated carbocycles. The quantitative estimate of drug-likeness (QED) is 0.746. The molecule has 4 fully saturated rings. The van der Waals surface area contributed by atoms with Gasteiger partial charge in [0, 0.05) is 19.1 Å². The fraction of sp³-hybridized carbons (Fsp3) is 0.684. The molecule has 0 spiro atoms. The van der Waals surface area contributed by atoms with Crippen molar-refractivity contribution in [2.75, 3.05) is 6.54 Å². The zero-order valence-corrected chi connectivity index (χ0v) is 12.3. The Balaban J connectivity index is 1.42. The maximum absolute atomic E-state index is 2.87. The van der Waals surface area contributed by atoms with Gasteiger partial charge in [0.05, 0.1) is 0 Å². The van der Waals surface area contributed by atoms with Gasteiger partial charge in [-0.15, -0.1) is 0 Å². The number of hydrogen-bond donors (Lipinski definition) is 0. The molecule has 0 radical (unpaired) electrons. The summed E-state index contributed by atoms with van der Waals surface area (Å²) in [6, 6.07) is 10.0. The Hall–Kier alpha value is -0.820. The van der Waals surface area contributed by atoms with E-state index in [1.54, 1.807) is 43.2 Å². The van der Waals surface area contributed by atoms with Crippen LogP contribution in [0.2, 0.25) is 0 Å². The Bertz CT molecular complexity index is 492. The summed E-state index contributed by atoms with van der Waals surface area (Å²) >= 11 is 0. The van der Waals surface area contributed by atoms with Crippen molar-refractivity contribution in [2.24, 2.45) is 23.7 Å². The van der Waals surface area contributed by atoms with Gasteiger partial charge in [-0.3, -0.25) is 4.90 Å². The minimum atomic E-state index is 0.927. The molecule has 106 valence electrons. The summed E-state index contributed by atoms with van der Waals surface area (Å²) in [6.45, 7) is 2.53. The van der Waals surface area contributed by atoms with Crippen LogP contribution in [0.4, 0.5) is 0 Å². The average Bonchev–Trinajstić information content (AvgIpc) is 2.46. The summed E-state index contributed by atoms with van der Waals surface area (Å²) in [6.07, 6.45) is 9.05. The maximum Gasteiger partial charge on any atom is 0.0239 e. The van der Waals surface area contributed by atoms with E-state index in [-0.39, 0.29) is 0 Å². The molecule has 1 aromatic rings. The number of fused-ring (bicyclic) bond motifs is 1. The molecule has 0 N–H and O–H groups in total. The fourth-order valence-electron chi connectivity index (χ4n) is 6.26. The Kier molecular flexibility index (Phi) is 2.56. The predicted octanol–water partition coefficient (Wildman–Crippen LogP) is 3.87. The molecule has 4 aliphatic carbocycles. The molecule has 5 aliphatic rings. The number of benzene rings is 1. The molecule has 6 rings (SSSR count). The predicted molar refractivity (Wildman–Crippen MR) is 81.4 cm³/mol. The first-order chi connectivity index (χ1) is 9.87. The molecule has 0 amide bonds. The monoisotopic (exact) mass is 267 g/mol. The van der Waals surface area contributed by atoms with Crippen LogP contribution in [0.1, 0.15) is 43.2 Å². The van der Waals surface area contributed by atoms with Gasteiger partial charge >= 0.3 is 0 Å². The van der Waals surface area contributed by atoms with E-state index in [9.17, 15) is 0 Å². The fourth-order valence-corrected chi connectivity index (χ4v) is 6.26. The van der Waals surface area contributed by atoms with Crippen LogP contribution >= 0.6 is 0 Å². The molecule has 0 saturated heterocycles. The van der Waals surface area contributed by atoms with Crippen molar-refractivity contribution in [3.8, 4) is 0 Å². The van der Waals surface area contributed by atoms with Crippen molar-refractivity contribution in [2.45, 2.75) is 51.1 Å². The zero-order chi connectivity index (χ0) is 13.1. The van der Waals surface area contributed by atoms with E-state index in [4.69, 9.17) is 0 Å². The molecule has 1 aromatic carbocycles. The van der Waals surface area contributed by atoms with Crippen molar-refractivity contribution in [3.05, 3.63) is 35.4 Å². The highest BCUT2D eigenvalue weighted by molar-refractivity contribution is 5.29. The lowest BCUT2D eigenvalue weighted by Crippen LogP contribution is -2.56. The molecule has 0 atom stereocenters. The van der Waals surface area contributed by atoms with Gasteiger partial charge in [-0.05, 0) is 73.3 Å². The van der Waals surface area contributed by atoms with Gasteiger partial charge in [-0.2, -0.15) is 0 Å². The second kappa shape index (κ2) is 4.34. The van der Waals surface area contributed by atoms with Gasteiger partial charge in [-0.1, -0.05) is 24.3 Å². The largest absolute Gasteiger partial charge is 0.295 e. The number of nitrogens with zero attached hydrogens (tertiary/aromatic N) is 1. The first kappa shape index (κ1) is 11.8. The normalized spacial score (nSPS) is 42.7. The minimum absolute atomic E-state index is 0.927. The number of rotatable bonds is 1. The summed E-state index contributed by atoms with van der Waals surface area (Å²) in [5.74, 6) is 4.28. The van der Waals surface area contributed by atoms with Crippen molar-refractivity contribution >= 4 is 0 Å². The van der Waals surface area contributed by atoms with E-state index in [1.165, 1.54) is 19.5 Å². The second-order valence-electron chi connectivity index (χ2n) is 7.91. The molecule has 4 bridgehead atoms. The van der Waals surface area contributed by atoms with Gasteiger partial charge in [0.1, 0.15) is 0 Å². The first-order valence-corrected chi connectivity index (χ1v) is 8.67. The Labute approximate surface area is 122 Å². The Morgan fingerprint density at radius 3 is 2.15 bits per heavy atom. The van der Waals surface area contributed by atoms with E-state index >= 15 is 0 Å². The van der Waals surface area contributed by atoms with Crippen molar-refractivity contribution in [1.29, 1.82) is 0 Å². The van der Waals surface area contributed by atoms with Crippen LogP contribution in [0, 0.1) is 23.7 Å². The third kappa shape index (κ3) is 1.72. The molecule has 1 nitrogen and oxygen atoms in total. The lowest BCUT2D eigenvalue weighted by Gasteiger charge is -2.57.